The van der Waals surface area contributed by atoms with Gasteiger partial charge in [0.25, 0.3) is 5.91 Å². The first-order valence-corrected chi connectivity index (χ1v) is 4.91. The molecule has 1 amide bonds. The van der Waals surface area contributed by atoms with Crippen molar-refractivity contribution in [2.24, 2.45) is 0 Å². The Kier molecular flexibility index (Phi) is 4.58. The molecule has 1 heterocycles. The number of carbonyl (C=O) groups excluding carboxylic acids is 1. The largest absolute Gasteiger partial charge is 0.383 e. The summed E-state index contributed by atoms with van der Waals surface area (Å²) in [6.45, 7) is 2.44. The van der Waals surface area contributed by atoms with Crippen LogP contribution < -0.4 is 5.32 Å². The van der Waals surface area contributed by atoms with Gasteiger partial charge in [0.15, 0.2) is 5.69 Å². The molecule has 1 rings (SSSR count). The van der Waals surface area contributed by atoms with E-state index in [1.807, 2.05) is 0 Å². The van der Waals surface area contributed by atoms with E-state index in [2.05, 4.69) is 10.5 Å². The molecule has 1 N–H and O–H groups in total. The minimum absolute atomic E-state index is 0.244. The summed E-state index contributed by atoms with van der Waals surface area (Å²) in [5.41, 5.74) is 0.258. The van der Waals surface area contributed by atoms with Crippen LogP contribution in [0.15, 0.2) is 10.6 Å². The van der Waals surface area contributed by atoms with E-state index in [9.17, 15) is 4.79 Å². The minimum atomic E-state index is -0.298. The first-order chi connectivity index (χ1) is 7.13. The Balaban J connectivity index is 2.36. The summed E-state index contributed by atoms with van der Waals surface area (Å²) < 4.78 is 9.60. The van der Waals surface area contributed by atoms with Crippen molar-refractivity contribution in [1.29, 1.82) is 0 Å². The lowest BCUT2D eigenvalue weighted by molar-refractivity contribution is 0.0940. The fourth-order valence-electron chi connectivity index (χ4n) is 1.01. The summed E-state index contributed by atoms with van der Waals surface area (Å²) in [6.07, 6.45) is 0. The number of hydrogen-bond donors (Lipinski definition) is 1. The fraction of sp³-hybridized carbons (Fsp3) is 0.556. The number of methoxy groups -OCH3 is 1. The molecule has 5 nitrogen and oxygen atoms in total. The Morgan fingerprint density at radius 1 is 1.80 bits per heavy atom. The topological polar surface area (TPSA) is 64.4 Å². The highest BCUT2D eigenvalue weighted by Crippen LogP contribution is 2.01. The lowest BCUT2D eigenvalue weighted by atomic mass is 10.3. The monoisotopic (exact) mass is 232 g/mol. The van der Waals surface area contributed by atoms with Gasteiger partial charge in [-0.2, -0.15) is 0 Å². The van der Waals surface area contributed by atoms with Gasteiger partial charge >= 0.3 is 0 Å². The summed E-state index contributed by atoms with van der Waals surface area (Å²) in [5.74, 6) is 0.299. The van der Waals surface area contributed by atoms with Crippen LogP contribution in [0.5, 0.6) is 0 Å². The smallest absolute Gasteiger partial charge is 0.273 e. The van der Waals surface area contributed by atoms with E-state index in [1.165, 1.54) is 0 Å². The van der Waals surface area contributed by atoms with Gasteiger partial charge in [-0.3, -0.25) is 4.79 Å². The van der Waals surface area contributed by atoms with Crippen LogP contribution in [0.3, 0.4) is 0 Å². The molecular weight excluding hydrogens is 220 g/mol. The molecule has 1 aromatic rings. The van der Waals surface area contributed by atoms with Gasteiger partial charge in [0.1, 0.15) is 5.76 Å². The van der Waals surface area contributed by atoms with Gasteiger partial charge in [0.05, 0.1) is 12.0 Å². The van der Waals surface area contributed by atoms with Crippen molar-refractivity contribution in [1.82, 2.24) is 10.5 Å². The van der Waals surface area contributed by atoms with Crippen molar-refractivity contribution >= 4 is 17.5 Å². The molecule has 0 aliphatic heterocycles. The number of aryl methyl sites for hydroxylation is 1. The van der Waals surface area contributed by atoms with Crippen LogP contribution in [-0.4, -0.2) is 36.7 Å². The van der Waals surface area contributed by atoms with E-state index in [1.54, 1.807) is 20.1 Å². The maximum Gasteiger partial charge on any atom is 0.273 e. The van der Waals surface area contributed by atoms with Gasteiger partial charge in [0.2, 0.25) is 0 Å². The van der Waals surface area contributed by atoms with Crippen LogP contribution in [0.25, 0.3) is 0 Å². The van der Waals surface area contributed by atoms with Gasteiger partial charge in [-0.1, -0.05) is 5.16 Å². The average molecular weight is 233 g/mol. The summed E-state index contributed by atoms with van der Waals surface area (Å²) in [4.78, 5) is 11.4. The quantitative estimate of drug-likeness (QED) is 0.769. The number of alkyl halides is 1. The first kappa shape index (κ1) is 12.0. The number of amides is 1. The number of halogens is 1. The summed E-state index contributed by atoms with van der Waals surface area (Å²) in [5, 5.41) is 5.96. The van der Waals surface area contributed by atoms with Gasteiger partial charge in [0, 0.05) is 19.7 Å². The summed E-state index contributed by atoms with van der Waals surface area (Å²) >= 11 is 5.83. The van der Waals surface area contributed by atoms with Crippen LogP contribution in [0.2, 0.25) is 0 Å². The number of hydrogen-bond acceptors (Lipinski definition) is 4. The zero-order valence-corrected chi connectivity index (χ0v) is 9.37. The second-order valence-corrected chi connectivity index (χ2v) is 3.70. The van der Waals surface area contributed by atoms with Crippen molar-refractivity contribution in [2.45, 2.75) is 12.3 Å². The van der Waals surface area contributed by atoms with Crippen molar-refractivity contribution < 1.29 is 14.1 Å². The highest BCUT2D eigenvalue weighted by atomic mass is 35.5. The number of aromatic nitrogens is 1. The number of nitrogens with one attached hydrogen (secondary N) is 1. The Hall–Kier alpha value is -1.07. The molecule has 1 unspecified atom stereocenters. The maximum absolute atomic E-state index is 11.4. The Labute approximate surface area is 92.7 Å². The van der Waals surface area contributed by atoms with Crippen LogP contribution in [0, 0.1) is 6.92 Å². The van der Waals surface area contributed by atoms with E-state index in [-0.39, 0.29) is 17.0 Å². The molecule has 0 aliphatic rings. The molecule has 6 heteroatoms. The Bertz CT molecular complexity index is 327. The van der Waals surface area contributed by atoms with Gasteiger partial charge < -0.3 is 14.6 Å². The lowest BCUT2D eigenvalue weighted by Gasteiger charge is -2.08. The standard InChI is InChI=1S/C9H13ClN2O3/c1-6-3-8(12-15-6)9(13)11-4-7(10)5-14-2/h3,7H,4-5H2,1-2H3,(H,11,13). The highest BCUT2D eigenvalue weighted by Gasteiger charge is 2.12. The molecule has 0 aromatic carbocycles. The zero-order valence-electron chi connectivity index (χ0n) is 8.62. The normalized spacial score (nSPS) is 12.5. The third-order valence-electron chi connectivity index (χ3n) is 1.69. The third kappa shape index (κ3) is 3.89. The highest BCUT2D eigenvalue weighted by molar-refractivity contribution is 6.21. The van der Waals surface area contributed by atoms with E-state index in [0.717, 1.165) is 0 Å². The van der Waals surface area contributed by atoms with E-state index in [0.29, 0.717) is 18.9 Å². The van der Waals surface area contributed by atoms with Gasteiger partial charge in [-0.05, 0) is 6.92 Å². The maximum atomic E-state index is 11.4. The SMILES string of the molecule is COCC(Cl)CNC(=O)c1cc(C)on1. The van der Waals surface area contributed by atoms with Crippen molar-refractivity contribution in [3.8, 4) is 0 Å². The number of ether oxygens (including phenoxy) is 1. The van der Waals surface area contributed by atoms with Crippen LogP contribution >= 0.6 is 11.6 Å². The number of carbonyl (C=O) groups is 1. The molecule has 0 saturated heterocycles. The molecule has 1 aromatic heterocycles. The number of nitrogens with zero attached hydrogens (tertiary/aromatic N) is 1. The van der Waals surface area contributed by atoms with E-state index in [4.69, 9.17) is 20.9 Å². The predicted molar refractivity (Wildman–Crippen MR) is 55.1 cm³/mol. The second kappa shape index (κ2) is 5.72. The van der Waals surface area contributed by atoms with Crippen LogP contribution in [-0.2, 0) is 4.74 Å². The average Bonchev–Trinajstić information content (AvgIpc) is 2.62. The fourth-order valence-corrected chi connectivity index (χ4v) is 1.21. The van der Waals surface area contributed by atoms with Gasteiger partial charge in [-0.25, -0.2) is 0 Å². The molecular formula is C9H13ClN2O3. The zero-order chi connectivity index (χ0) is 11.3. The molecule has 0 bridgehead atoms. The second-order valence-electron chi connectivity index (χ2n) is 3.09. The first-order valence-electron chi connectivity index (χ1n) is 4.48. The molecule has 0 saturated carbocycles. The molecule has 0 radical (unpaired) electrons. The predicted octanol–water partition coefficient (Wildman–Crippen LogP) is 0.967. The Morgan fingerprint density at radius 2 is 2.53 bits per heavy atom. The minimum Gasteiger partial charge on any atom is -0.383 e. The Morgan fingerprint density at radius 3 is 3.07 bits per heavy atom. The summed E-state index contributed by atoms with van der Waals surface area (Å²) in [6, 6.07) is 1.56. The number of rotatable bonds is 5. The van der Waals surface area contributed by atoms with Crippen LogP contribution in [0.1, 0.15) is 16.2 Å². The van der Waals surface area contributed by atoms with Gasteiger partial charge in [-0.15, -0.1) is 11.6 Å². The molecule has 0 aliphatic carbocycles. The molecule has 0 fully saturated rings. The van der Waals surface area contributed by atoms with Crippen molar-refractivity contribution in [3.63, 3.8) is 0 Å². The molecule has 84 valence electrons. The third-order valence-corrected chi connectivity index (χ3v) is 1.97. The molecule has 15 heavy (non-hydrogen) atoms. The van der Waals surface area contributed by atoms with Crippen LogP contribution in [0.4, 0.5) is 0 Å². The van der Waals surface area contributed by atoms with E-state index < -0.39 is 0 Å². The molecule has 0 spiro atoms. The van der Waals surface area contributed by atoms with E-state index >= 15 is 0 Å². The lowest BCUT2D eigenvalue weighted by Crippen LogP contribution is -2.31. The van der Waals surface area contributed by atoms with Crippen molar-refractivity contribution in [3.05, 3.63) is 17.5 Å². The molecule has 1 atom stereocenters. The summed E-state index contributed by atoms with van der Waals surface area (Å²) in [7, 11) is 1.55. The van der Waals surface area contributed by atoms with Crippen molar-refractivity contribution in [2.75, 3.05) is 20.3 Å².